The van der Waals surface area contributed by atoms with Gasteiger partial charge < -0.3 is 14.7 Å². The van der Waals surface area contributed by atoms with Gasteiger partial charge in [-0.05, 0) is 13.0 Å². The van der Waals surface area contributed by atoms with Crippen molar-refractivity contribution in [1.82, 2.24) is 25.2 Å². The number of H-pyrrole nitrogens is 1. The van der Waals surface area contributed by atoms with Crippen molar-refractivity contribution in [3.63, 3.8) is 0 Å². The summed E-state index contributed by atoms with van der Waals surface area (Å²) in [4.78, 5) is 27.1. The molecule has 0 aliphatic carbocycles. The molecule has 0 radical (unpaired) electrons. The standard InChI is InChI=1S/C14H23N5O4/c1-18(3-4-23-2)9-13(20)19-7-10(5-14(21)22)11(8-19)12-6-15-17-16-12/h6,10-11H,3-5,7-9H2,1-2H3,(H,21,22)(H,15,16,17)/t10-,11+/m0/s1. The number of carboxylic acid groups (broad SMARTS) is 1. The van der Waals surface area contributed by atoms with Crippen LogP contribution in [0, 0.1) is 5.92 Å². The van der Waals surface area contributed by atoms with E-state index >= 15 is 0 Å². The molecule has 23 heavy (non-hydrogen) atoms. The van der Waals surface area contributed by atoms with Gasteiger partial charge in [0, 0.05) is 32.7 Å². The Morgan fingerprint density at radius 1 is 1.52 bits per heavy atom. The molecular weight excluding hydrogens is 302 g/mol. The van der Waals surface area contributed by atoms with Gasteiger partial charge in [0.05, 0.1) is 31.5 Å². The number of likely N-dealkylation sites (N-methyl/N-ethyl adjacent to an activating group) is 1. The highest BCUT2D eigenvalue weighted by molar-refractivity contribution is 5.79. The number of likely N-dealkylation sites (tertiary alicyclic amines) is 1. The maximum Gasteiger partial charge on any atom is 0.303 e. The lowest BCUT2D eigenvalue weighted by Crippen LogP contribution is -2.39. The first-order chi connectivity index (χ1) is 11.0. The quantitative estimate of drug-likeness (QED) is 0.656. The summed E-state index contributed by atoms with van der Waals surface area (Å²) in [5.74, 6) is -1.12. The van der Waals surface area contributed by atoms with Crippen LogP contribution in [-0.2, 0) is 14.3 Å². The molecule has 1 amide bonds. The van der Waals surface area contributed by atoms with Gasteiger partial charge in [-0.3, -0.25) is 14.5 Å². The van der Waals surface area contributed by atoms with Crippen molar-refractivity contribution in [2.24, 2.45) is 5.92 Å². The van der Waals surface area contributed by atoms with Crippen molar-refractivity contribution in [2.75, 3.05) is 46.9 Å². The third kappa shape index (κ3) is 4.73. The Bertz CT molecular complexity index is 521. The summed E-state index contributed by atoms with van der Waals surface area (Å²) in [5, 5.41) is 19.5. The highest BCUT2D eigenvalue weighted by Crippen LogP contribution is 2.33. The van der Waals surface area contributed by atoms with Gasteiger partial charge in [-0.15, -0.1) is 0 Å². The molecule has 9 nitrogen and oxygen atoms in total. The van der Waals surface area contributed by atoms with Gasteiger partial charge in [0.15, 0.2) is 0 Å². The second-order valence-electron chi connectivity index (χ2n) is 5.89. The van der Waals surface area contributed by atoms with Gasteiger partial charge in [-0.2, -0.15) is 15.4 Å². The molecule has 2 rings (SSSR count). The van der Waals surface area contributed by atoms with Gasteiger partial charge in [0.25, 0.3) is 0 Å². The van der Waals surface area contributed by atoms with E-state index in [1.807, 2.05) is 11.9 Å². The number of aromatic amines is 1. The minimum absolute atomic E-state index is 0.00927. The summed E-state index contributed by atoms with van der Waals surface area (Å²) < 4.78 is 5.00. The zero-order valence-corrected chi connectivity index (χ0v) is 13.4. The molecule has 1 saturated heterocycles. The Balaban J connectivity index is 1.98. The number of rotatable bonds is 8. The first kappa shape index (κ1) is 17.4. The van der Waals surface area contributed by atoms with Crippen LogP contribution in [0.1, 0.15) is 18.0 Å². The number of aliphatic carboxylic acids is 1. The summed E-state index contributed by atoms with van der Waals surface area (Å²) in [7, 11) is 3.48. The average molecular weight is 325 g/mol. The number of ether oxygens (including phenoxy) is 1. The Morgan fingerprint density at radius 2 is 2.30 bits per heavy atom. The number of nitrogens with zero attached hydrogens (tertiary/aromatic N) is 4. The predicted octanol–water partition coefficient (Wildman–Crippen LogP) is -0.600. The van der Waals surface area contributed by atoms with Gasteiger partial charge in [-0.25, -0.2) is 0 Å². The van der Waals surface area contributed by atoms with E-state index in [0.717, 1.165) is 0 Å². The van der Waals surface area contributed by atoms with Crippen molar-refractivity contribution in [1.29, 1.82) is 0 Å². The van der Waals surface area contributed by atoms with Crippen LogP contribution < -0.4 is 0 Å². The number of carboxylic acids is 1. The lowest BCUT2D eigenvalue weighted by atomic mass is 9.91. The van der Waals surface area contributed by atoms with Crippen LogP contribution in [0.3, 0.4) is 0 Å². The monoisotopic (exact) mass is 325 g/mol. The molecule has 2 heterocycles. The van der Waals surface area contributed by atoms with Crippen molar-refractivity contribution in [3.05, 3.63) is 11.9 Å². The molecule has 2 N–H and O–H groups in total. The summed E-state index contributed by atoms with van der Waals surface area (Å²) in [5.41, 5.74) is 0.708. The highest BCUT2D eigenvalue weighted by Gasteiger charge is 2.38. The molecule has 2 atom stereocenters. The van der Waals surface area contributed by atoms with Crippen LogP contribution >= 0.6 is 0 Å². The number of amides is 1. The summed E-state index contributed by atoms with van der Waals surface area (Å²) in [6.45, 7) is 2.42. The summed E-state index contributed by atoms with van der Waals surface area (Å²) in [6.07, 6.45) is 1.61. The van der Waals surface area contributed by atoms with E-state index in [2.05, 4.69) is 15.4 Å². The molecule has 0 saturated carbocycles. The molecule has 1 aliphatic heterocycles. The first-order valence-corrected chi connectivity index (χ1v) is 7.54. The Morgan fingerprint density at radius 3 is 2.91 bits per heavy atom. The molecule has 1 aliphatic rings. The van der Waals surface area contributed by atoms with E-state index in [4.69, 9.17) is 9.84 Å². The van der Waals surface area contributed by atoms with Crippen LogP contribution in [-0.4, -0.2) is 89.1 Å². The summed E-state index contributed by atoms with van der Waals surface area (Å²) in [6, 6.07) is 0. The fraction of sp³-hybridized carbons (Fsp3) is 0.714. The minimum Gasteiger partial charge on any atom is -0.481 e. The van der Waals surface area contributed by atoms with Crippen LogP contribution in [0.2, 0.25) is 0 Å². The van der Waals surface area contributed by atoms with Crippen molar-refractivity contribution >= 4 is 11.9 Å². The molecule has 0 aromatic carbocycles. The van der Waals surface area contributed by atoms with E-state index in [1.165, 1.54) is 0 Å². The van der Waals surface area contributed by atoms with Crippen LogP contribution in [0.25, 0.3) is 0 Å². The zero-order chi connectivity index (χ0) is 16.8. The maximum atomic E-state index is 12.4. The van der Waals surface area contributed by atoms with Gasteiger partial charge in [0.1, 0.15) is 0 Å². The van der Waals surface area contributed by atoms with Crippen LogP contribution in [0.5, 0.6) is 0 Å². The Labute approximate surface area is 134 Å². The molecule has 1 aromatic rings. The number of carbonyl (C=O) groups is 2. The molecule has 0 spiro atoms. The largest absolute Gasteiger partial charge is 0.481 e. The third-order valence-electron chi connectivity index (χ3n) is 4.13. The first-order valence-electron chi connectivity index (χ1n) is 7.54. The van der Waals surface area contributed by atoms with E-state index < -0.39 is 5.97 Å². The third-order valence-corrected chi connectivity index (χ3v) is 4.13. The topological polar surface area (TPSA) is 112 Å². The lowest BCUT2D eigenvalue weighted by Gasteiger charge is -2.21. The summed E-state index contributed by atoms with van der Waals surface area (Å²) >= 11 is 0. The van der Waals surface area contributed by atoms with Crippen molar-refractivity contribution in [2.45, 2.75) is 12.3 Å². The van der Waals surface area contributed by atoms with Gasteiger partial charge in [-0.1, -0.05) is 0 Å². The molecule has 0 unspecified atom stereocenters. The maximum absolute atomic E-state index is 12.4. The fourth-order valence-corrected chi connectivity index (χ4v) is 2.89. The Kier molecular flexibility index (Phi) is 6.05. The van der Waals surface area contributed by atoms with Gasteiger partial charge >= 0.3 is 5.97 Å². The van der Waals surface area contributed by atoms with Gasteiger partial charge in [0.2, 0.25) is 5.91 Å². The zero-order valence-electron chi connectivity index (χ0n) is 13.4. The minimum atomic E-state index is -0.866. The second-order valence-corrected chi connectivity index (χ2v) is 5.89. The number of methoxy groups -OCH3 is 1. The van der Waals surface area contributed by atoms with E-state index in [0.29, 0.717) is 31.9 Å². The predicted molar refractivity (Wildman–Crippen MR) is 80.8 cm³/mol. The molecule has 0 bridgehead atoms. The number of hydrogen-bond donors (Lipinski definition) is 2. The molecule has 128 valence electrons. The Hall–Kier alpha value is -2.00. The smallest absolute Gasteiger partial charge is 0.303 e. The van der Waals surface area contributed by atoms with E-state index in [1.54, 1.807) is 18.2 Å². The normalized spacial score (nSPS) is 21.1. The van der Waals surface area contributed by atoms with E-state index in [9.17, 15) is 9.59 Å². The van der Waals surface area contributed by atoms with Crippen molar-refractivity contribution < 1.29 is 19.4 Å². The molecule has 1 fully saturated rings. The number of hydrogen-bond acceptors (Lipinski definition) is 6. The molecule has 1 aromatic heterocycles. The SMILES string of the molecule is COCCN(C)CC(=O)N1C[C@H](CC(=O)O)[C@H](c2cn[nH]n2)C1. The lowest BCUT2D eigenvalue weighted by molar-refractivity contribution is -0.138. The number of carbonyl (C=O) groups excluding carboxylic acids is 1. The second kappa shape index (κ2) is 8.02. The van der Waals surface area contributed by atoms with Crippen LogP contribution in [0.4, 0.5) is 0 Å². The van der Waals surface area contributed by atoms with E-state index in [-0.39, 0.29) is 30.7 Å². The average Bonchev–Trinajstić information content (AvgIpc) is 3.13. The highest BCUT2D eigenvalue weighted by atomic mass is 16.5. The molecule has 9 heteroatoms. The number of aromatic nitrogens is 3. The number of nitrogens with one attached hydrogen (secondary N) is 1. The molecular formula is C14H23N5O4. The van der Waals surface area contributed by atoms with Crippen molar-refractivity contribution in [3.8, 4) is 0 Å². The fourth-order valence-electron chi connectivity index (χ4n) is 2.89. The van der Waals surface area contributed by atoms with Crippen LogP contribution in [0.15, 0.2) is 6.20 Å².